The maximum atomic E-state index is 13.3. The largest absolute Gasteiger partial charge is 0.376 e. The standard InChI is InChI=1S/C20H26N4O2/c1-3-24-17-9-12-26-13-16(17)19(22-24)18-8-4-5-11-23(18)20(25)15-7-6-10-21-14(15)2/h6-7,10,18H,3-5,8-9,11-13H2,1-2H3. The van der Waals surface area contributed by atoms with Gasteiger partial charge in [-0.15, -0.1) is 0 Å². The molecule has 2 aliphatic rings. The van der Waals surface area contributed by atoms with Crippen molar-refractivity contribution in [1.82, 2.24) is 19.7 Å². The topological polar surface area (TPSA) is 60.2 Å². The van der Waals surface area contributed by atoms with Gasteiger partial charge < -0.3 is 9.64 Å². The number of ether oxygens (including phenoxy) is 1. The average molecular weight is 354 g/mol. The molecule has 0 aliphatic carbocycles. The predicted octanol–water partition coefficient (Wildman–Crippen LogP) is 3.05. The molecule has 138 valence electrons. The summed E-state index contributed by atoms with van der Waals surface area (Å²) in [4.78, 5) is 19.6. The molecule has 1 fully saturated rings. The van der Waals surface area contributed by atoms with Crippen LogP contribution in [-0.4, -0.2) is 38.7 Å². The Hall–Kier alpha value is -2.21. The van der Waals surface area contributed by atoms with Gasteiger partial charge in [0.05, 0.1) is 30.5 Å². The minimum atomic E-state index is 0.0270. The minimum Gasteiger partial charge on any atom is -0.376 e. The van der Waals surface area contributed by atoms with Gasteiger partial charge in [0, 0.05) is 42.7 Å². The molecule has 4 rings (SSSR count). The summed E-state index contributed by atoms with van der Waals surface area (Å²) >= 11 is 0. The third-order valence-electron chi connectivity index (χ3n) is 5.54. The summed E-state index contributed by atoms with van der Waals surface area (Å²) in [6, 6.07) is 3.74. The van der Waals surface area contributed by atoms with Crippen LogP contribution < -0.4 is 0 Å². The van der Waals surface area contributed by atoms with Gasteiger partial charge in [-0.3, -0.25) is 14.5 Å². The number of pyridine rings is 1. The maximum Gasteiger partial charge on any atom is 0.256 e. The molecule has 0 N–H and O–H groups in total. The Morgan fingerprint density at radius 3 is 3.08 bits per heavy atom. The fraction of sp³-hybridized carbons (Fsp3) is 0.550. The van der Waals surface area contributed by atoms with E-state index in [1.807, 2.05) is 24.0 Å². The number of carbonyl (C=O) groups is 1. The molecule has 0 bridgehead atoms. The highest BCUT2D eigenvalue weighted by Gasteiger charge is 2.34. The van der Waals surface area contributed by atoms with E-state index in [1.165, 1.54) is 11.3 Å². The third-order valence-corrected chi connectivity index (χ3v) is 5.54. The van der Waals surface area contributed by atoms with E-state index >= 15 is 0 Å². The third kappa shape index (κ3) is 2.92. The van der Waals surface area contributed by atoms with Crippen molar-refractivity contribution in [3.05, 3.63) is 46.5 Å². The SMILES string of the molecule is CCn1nc(C2CCCCN2C(=O)c2cccnc2C)c2c1CCOC2. The number of amides is 1. The van der Waals surface area contributed by atoms with Gasteiger partial charge in [-0.1, -0.05) is 0 Å². The summed E-state index contributed by atoms with van der Waals surface area (Å²) in [6.07, 6.45) is 5.75. The molecule has 6 nitrogen and oxygen atoms in total. The predicted molar refractivity (Wildman–Crippen MR) is 97.9 cm³/mol. The second-order valence-corrected chi connectivity index (χ2v) is 7.08. The van der Waals surface area contributed by atoms with Crippen molar-refractivity contribution in [3.63, 3.8) is 0 Å². The molecule has 2 aliphatic heterocycles. The number of hydrogen-bond acceptors (Lipinski definition) is 4. The van der Waals surface area contributed by atoms with Crippen LogP contribution in [-0.2, 0) is 24.3 Å². The molecule has 4 heterocycles. The number of fused-ring (bicyclic) bond motifs is 1. The van der Waals surface area contributed by atoms with Crippen LogP contribution in [0.1, 0.15) is 65.2 Å². The fourth-order valence-corrected chi connectivity index (χ4v) is 4.19. The quantitative estimate of drug-likeness (QED) is 0.850. The molecule has 0 spiro atoms. The van der Waals surface area contributed by atoms with Gasteiger partial charge in [-0.05, 0) is 45.2 Å². The van der Waals surface area contributed by atoms with Crippen LogP contribution in [0.25, 0.3) is 0 Å². The van der Waals surface area contributed by atoms with Crippen LogP contribution in [0.3, 0.4) is 0 Å². The Labute approximate surface area is 154 Å². The van der Waals surface area contributed by atoms with E-state index in [0.717, 1.165) is 56.8 Å². The zero-order valence-electron chi connectivity index (χ0n) is 15.6. The van der Waals surface area contributed by atoms with Gasteiger partial charge in [0.15, 0.2) is 0 Å². The van der Waals surface area contributed by atoms with E-state index in [9.17, 15) is 4.79 Å². The van der Waals surface area contributed by atoms with Crippen LogP contribution in [0, 0.1) is 6.92 Å². The maximum absolute atomic E-state index is 13.3. The molecule has 1 atom stereocenters. The van der Waals surface area contributed by atoms with E-state index in [2.05, 4.69) is 16.6 Å². The zero-order chi connectivity index (χ0) is 18.1. The van der Waals surface area contributed by atoms with Crippen molar-refractivity contribution in [1.29, 1.82) is 0 Å². The van der Waals surface area contributed by atoms with Gasteiger partial charge in [0.2, 0.25) is 0 Å². The Morgan fingerprint density at radius 2 is 2.27 bits per heavy atom. The summed E-state index contributed by atoms with van der Waals surface area (Å²) in [6.45, 7) is 7.00. The minimum absolute atomic E-state index is 0.0270. The normalized spacial score (nSPS) is 20.1. The second kappa shape index (κ2) is 7.19. The lowest BCUT2D eigenvalue weighted by Gasteiger charge is -2.35. The fourth-order valence-electron chi connectivity index (χ4n) is 4.19. The van der Waals surface area contributed by atoms with E-state index in [4.69, 9.17) is 9.84 Å². The molecular formula is C20H26N4O2. The average Bonchev–Trinajstić information content (AvgIpc) is 3.06. The number of aromatic nitrogens is 3. The molecule has 26 heavy (non-hydrogen) atoms. The van der Waals surface area contributed by atoms with E-state index in [0.29, 0.717) is 12.2 Å². The lowest BCUT2D eigenvalue weighted by atomic mass is 9.94. The molecule has 6 heteroatoms. The van der Waals surface area contributed by atoms with Crippen molar-refractivity contribution >= 4 is 5.91 Å². The van der Waals surface area contributed by atoms with Gasteiger partial charge >= 0.3 is 0 Å². The molecule has 2 aromatic rings. The number of nitrogens with zero attached hydrogens (tertiary/aromatic N) is 4. The molecular weight excluding hydrogens is 328 g/mol. The highest BCUT2D eigenvalue weighted by molar-refractivity contribution is 5.95. The van der Waals surface area contributed by atoms with E-state index in [1.54, 1.807) is 6.20 Å². The first-order chi connectivity index (χ1) is 12.7. The molecule has 1 saturated heterocycles. The number of aryl methyl sites for hydroxylation is 2. The van der Waals surface area contributed by atoms with Crippen molar-refractivity contribution in [2.45, 2.75) is 58.7 Å². The Kier molecular flexibility index (Phi) is 4.76. The van der Waals surface area contributed by atoms with E-state index < -0.39 is 0 Å². The Balaban J connectivity index is 1.72. The van der Waals surface area contributed by atoms with Crippen LogP contribution in [0.5, 0.6) is 0 Å². The van der Waals surface area contributed by atoms with Crippen molar-refractivity contribution < 1.29 is 9.53 Å². The van der Waals surface area contributed by atoms with Crippen LogP contribution >= 0.6 is 0 Å². The Bertz CT molecular complexity index is 814. The zero-order valence-corrected chi connectivity index (χ0v) is 15.6. The molecule has 1 amide bonds. The lowest BCUT2D eigenvalue weighted by Crippen LogP contribution is -2.39. The first-order valence-electron chi connectivity index (χ1n) is 9.59. The number of hydrogen-bond donors (Lipinski definition) is 0. The highest BCUT2D eigenvalue weighted by atomic mass is 16.5. The van der Waals surface area contributed by atoms with Crippen molar-refractivity contribution in [2.75, 3.05) is 13.2 Å². The van der Waals surface area contributed by atoms with Gasteiger partial charge in [0.1, 0.15) is 0 Å². The number of likely N-dealkylation sites (tertiary alicyclic amines) is 1. The first kappa shape index (κ1) is 17.2. The summed E-state index contributed by atoms with van der Waals surface area (Å²) in [7, 11) is 0. The van der Waals surface area contributed by atoms with Gasteiger partial charge in [-0.25, -0.2) is 0 Å². The highest BCUT2D eigenvalue weighted by Crippen LogP contribution is 2.36. The monoisotopic (exact) mass is 354 g/mol. The number of piperidine rings is 1. The Morgan fingerprint density at radius 1 is 1.38 bits per heavy atom. The van der Waals surface area contributed by atoms with Crippen LogP contribution in [0.4, 0.5) is 0 Å². The number of carbonyl (C=O) groups excluding carboxylic acids is 1. The first-order valence-corrected chi connectivity index (χ1v) is 9.59. The van der Waals surface area contributed by atoms with E-state index in [-0.39, 0.29) is 11.9 Å². The lowest BCUT2D eigenvalue weighted by molar-refractivity contribution is 0.0595. The van der Waals surface area contributed by atoms with Crippen LogP contribution in [0.15, 0.2) is 18.3 Å². The number of rotatable bonds is 3. The molecule has 1 unspecified atom stereocenters. The van der Waals surface area contributed by atoms with Crippen LogP contribution in [0.2, 0.25) is 0 Å². The second-order valence-electron chi connectivity index (χ2n) is 7.08. The molecule has 0 aromatic carbocycles. The van der Waals surface area contributed by atoms with Crippen molar-refractivity contribution in [3.8, 4) is 0 Å². The smallest absolute Gasteiger partial charge is 0.256 e. The van der Waals surface area contributed by atoms with Gasteiger partial charge in [0.25, 0.3) is 5.91 Å². The summed E-state index contributed by atoms with van der Waals surface area (Å²) < 4.78 is 7.81. The molecule has 0 saturated carbocycles. The summed E-state index contributed by atoms with van der Waals surface area (Å²) in [5.41, 5.74) is 5.00. The summed E-state index contributed by atoms with van der Waals surface area (Å²) in [5.74, 6) is 0.0665. The summed E-state index contributed by atoms with van der Waals surface area (Å²) in [5, 5.41) is 4.91. The molecule has 2 aromatic heterocycles. The van der Waals surface area contributed by atoms with Crippen molar-refractivity contribution in [2.24, 2.45) is 0 Å². The molecule has 0 radical (unpaired) electrons. The van der Waals surface area contributed by atoms with Gasteiger partial charge in [-0.2, -0.15) is 5.10 Å².